The molecule has 0 atom stereocenters. The van der Waals surface area contributed by atoms with Crippen molar-refractivity contribution in [1.29, 1.82) is 0 Å². The zero-order valence-electron chi connectivity index (χ0n) is 12.8. The van der Waals surface area contributed by atoms with E-state index in [1.807, 2.05) is 0 Å². The Morgan fingerprint density at radius 3 is 2.32 bits per heavy atom. The van der Waals surface area contributed by atoms with Crippen molar-refractivity contribution < 1.29 is 19.1 Å². The molecule has 0 aromatic heterocycles. The van der Waals surface area contributed by atoms with E-state index < -0.39 is 11.7 Å². The second kappa shape index (κ2) is 8.77. The molecule has 0 aliphatic heterocycles. The van der Waals surface area contributed by atoms with Gasteiger partial charge in [0.2, 0.25) is 0 Å². The van der Waals surface area contributed by atoms with Gasteiger partial charge in [-0.1, -0.05) is 19.8 Å². The lowest BCUT2D eigenvalue weighted by molar-refractivity contribution is -0.144. The fourth-order valence-electron chi connectivity index (χ4n) is 1.30. The Morgan fingerprint density at radius 1 is 1.16 bits per heavy atom. The first-order chi connectivity index (χ1) is 8.76. The average Bonchev–Trinajstić information content (AvgIpc) is 2.29. The third-order valence-electron chi connectivity index (χ3n) is 2.37. The SMILES string of the molecule is CCCCCOC(=O)CCN(C)C(=O)OC(C)(C)C. The first kappa shape index (κ1) is 17.7. The zero-order chi connectivity index (χ0) is 14.9. The number of nitrogens with zero attached hydrogens (tertiary/aromatic N) is 1. The third kappa shape index (κ3) is 10.4. The average molecular weight is 273 g/mol. The van der Waals surface area contributed by atoms with Gasteiger partial charge in [0.15, 0.2) is 0 Å². The molecule has 0 aromatic rings. The van der Waals surface area contributed by atoms with Gasteiger partial charge in [-0.15, -0.1) is 0 Å². The Balaban J connectivity index is 3.80. The van der Waals surface area contributed by atoms with Crippen LogP contribution in [0.3, 0.4) is 0 Å². The molecular weight excluding hydrogens is 246 g/mol. The van der Waals surface area contributed by atoms with E-state index in [4.69, 9.17) is 9.47 Å². The number of carbonyl (C=O) groups is 2. The third-order valence-corrected chi connectivity index (χ3v) is 2.37. The molecule has 5 nitrogen and oxygen atoms in total. The van der Waals surface area contributed by atoms with Crippen LogP contribution in [0.2, 0.25) is 0 Å². The fraction of sp³-hybridized carbons (Fsp3) is 0.857. The monoisotopic (exact) mass is 273 g/mol. The quantitative estimate of drug-likeness (QED) is 0.528. The van der Waals surface area contributed by atoms with Crippen LogP contribution in [-0.2, 0) is 14.3 Å². The summed E-state index contributed by atoms with van der Waals surface area (Å²) in [6.07, 6.45) is 2.82. The highest BCUT2D eigenvalue weighted by molar-refractivity contribution is 5.72. The summed E-state index contributed by atoms with van der Waals surface area (Å²) in [7, 11) is 1.61. The molecule has 0 N–H and O–H groups in total. The second-order valence-corrected chi connectivity index (χ2v) is 5.58. The molecule has 0 rings (SSSR count). The minimum Gasteiger partial charge on any atom is -0.466 e. The molecule has 1 amide bonds. The van der Waals surface area contributed by atoms with Crippen LogP contribution in [-0.4, -0.2) is 42.8 Å². The summed E-state index contributed by atoms with van der Waals surface area (Å²) in [5.41, 5.74) is -0.522. The summed E-state index contributed by atoms with van der Waals surface area (Å²) in [6.45, 7) is 8.28. The number of hydrogen-bond acceptors (Lipinski definition) is 4. The molecule has 0 radical (unpaired) electrons. The van der Waals surface area contributed by atoms with Gasteiger partial charge in [-0.2, -0.15) is 0 Å². The van der Waals surface area contributed by atoms with Crippen LogP contribution in [0.4, 0.5) is 4.79 Å². The number of carbonyl (C=O) groups excluding carboxylic acids is 2. The molecule has 0 fully saturated rings. The van der Waals surface area contributed by atoms with E-state index in [2.05, 4.69) is 6.92 Å². The van der Waals surface area contributed by atoms with Gasteiger partial charge in [-0.25, -0.2) is 4.79 Å². The Labute approximate surface area is 116 Å². The topological polar surface area (TPSA) is 55.8 Å². The summed E-state index contributed by atoms with van der Waals surface area (Å²) in [4.78, 5) is 24.4. The summed E-state index contributed by atoms with van der Waals surface area (Å²) in [5.74, 6) is -0.272. The van der Waals surface area contributed by atoms with E-state index >= 15 is 0 Å². The number of esters is 1. The number of rotatable bonds is 7. The van der Waals surface area contributed by atoms with Crippen LogP contribution < -0.4 is 0 Å². The van der Waals surface area contributed by atoms with Gasteiger partial charge in [0.25, 0.3) is 0 Å². The van der Waals surface area contributed by atoms with Crippen LogP contribution in [0, 0.1) is 0 Å². The highest BCUT2D eigenvalue weighted by Gasteiger charge is 2.19. The molecule has 19 heavy (non-hydrogen) atoms. The lowest BCUT2D eigenvalue weighted by Crippen LogP contribution is -2.35. The van der Waals surface area contributed by atoms with Crippen molar-refractivity contribution in [1.82, 2.24) is 4.90 Å². The molecule has 0 saturated heterocycles. The zero-order valence-corrected chi connectivity index (χ0v) is 12.8. The fourth-order valence-corrected chi connectivity index (χ4v) is 1.30. The molecular formula is C14H27NO4. The predicted octanol–water partition coefficient (Wildman–Crippen LogP) is 2.98. The van der Waals surface area contributed by atoms with Crippen LogP contribution in [0.5, 0.6) is 0 Å². The van der Waals surface area contributed by atoms with Crippen molar-refractivity contribution >= 4 is 12.1 Å². The standard InChI is InChI=1S/C14H27NO4/c1-6-7-8-11-18-12(16)9-10-15(5)13(17)19-14(2,3)4/h6-11H2,1-5H3. The molecule has 0 spiro atoms. The number of ether oxygens (including phenoxy) is 2. The molecule has 0 aliphatic carbocycles. The number of hydrogen-bond donors (Lipinski definition) is 0. The van der Waals surface area contributed by atoms with Crippen molar-refractivity contribution in [3.8, 4) is 0 Å². The van der Waals surface area contributed by atoms with Gasteiger partial charge >= 0.3 is 12.1 Å². The lowest BCUT2D eigenvalue weighted by Gasteiger charge is -2.24. The van der Waals surface area contributed by atoms with E-state index in [0.717, 1.165) is 19.3 Å². The molecule has 0 saturated carbocycles. The smallest absolute Gasteiger partial charge is 0.410 e. The Morgan fingerprint density at radius 2 is 1.79 bits per heavy atom. The van der Waals surface area contributed by atoms with Gasteiger partial charge in [-0.05, 0) is 27.2 Å². The van der Waals surface area contributed by atoms with Gasteiger partial charge in [0.1, 0.15) is 5.60 Å². The summed E-state index contributed by atoms with van der Waals surface area (Å²) < 4.78 is 10.2. The van der Waals surface area contributed by atoms with Gasteiger partial charge < -0.3 is 14.4 Å². The van der Waals surface area contributed by atoms with Crippen molar-refractivity contribution in [3.05, 3.63) is 0 Å². The minimum absolute atomic E-state index is 0.196. The Kier molecular flexibility index (Phi) is 8.19. The molecule has 0 unspecified atom stereocenters. The predicted molar refractivity (Wildman–Crippen MR) is 74.0 cm³/mol. The molecule has 0 heterocycles. The molecule has 0 aliphatic rings. The van der Waals surface area contributed by atoms with Crippen molar-refractivity contribution in [2.24, 2.45) is 0 Å². The summed E-state index contributed by atoms with van der Waals surface area (Å²) in [6, 6.07) is 0. The van der Waals surface area contributed by atoms with E-state index in [0.29, 0.717) is 13.2 Å². The Bertz CT molecular complexity index is 284. The maximum Gasteiger partial charge on any atom is 0.410 e. The van der Waals surface area contributed by atoms with E-state index in [-0.39, 0.29) is 12.4 Å². The molecule has 0 bridgehead atoms. The number of unbranched alkanes of at least 4 members (excludes halogenated alkanes) is 2. The van der Waals surface area contributed by atoms with E-state index in [9.17, 15) is 9.59 Å². The first-order valence-electron chi connectivity index (χ1n) is 6.86. The number of amides is 1. The van der Waals surface area contributed by atoms with Gasteiger partial charge in [0.05, 0.1) is 13.0 Å². The minimum atomic E-state index is -0.522. The first-order valence-corrected chi connectivity index (χ1v) is 6.86. The molecule has 5 heteroatoms. The van der Waals surface area contributed by atoms with Gasteiger partial charge in [-0.3, -0.25) is 4.79 Å². The Hall–Kier alpha value is -1.26. The normalized spacial score (nSPS) is 11.0. The van der Waals surface area contributed by atoms with E-state index in [1.165, 1.54) is 4.90 Å². The van der Waals surface area contributed by atoms with Crippen LogP contribution in [0.1, 0.15) is 53.4 Å². The summed E-state index contributed by atoms with van der Waals surface area (Å²) in [5, 5.41) is 0. The largest absolute Gasteiger partial charge is 0.466 e. The highest BCUT2D eigenvalue weighted by Crippen LogP contribution is 2.09. The molecule has 0 aromatic carbocycles. The second-order valence-electron chi connectivity index (χ2n) is 5.58. The summed E-state index contributed by atoms with van der Waals surface area (Å²) >= 11 is 0. The van der Waals surface area contributed by atoms with Crippen molar-refractivity contribution in [3.63, 3.8) is 0 Å². The van der Waals surface area contributed by atoms with Gasteiger partial charge in [0, 0.05) is 13.6 Å². The van der Waals surface area contributed by atoms with E-state index in [1.54, 1.807) is 27.8 Å². The maximum absolute atomic E-state index is 11.6. The van der Waals surface area contributed by atoms with Crippen molar-refractivity contribution in [2.45, 2.75) is 59.0 Å². The van der Waals surface area contributed by atoms with Crippen molar-refractivity contribution in [2.75, 3.05) is 20.2 Å². The lowest BCUT2D eigenvalue weighted by atomic mass is 10.2. The highest BCUT2D eigenvalue weighted by atomic mass is 16.6. The van der Waals surface area contributed by atoms with Crippen LogP contribution >= 0.6 is 0 Å². The van der Waals surface area contributed by atoms with Crippen LogP contribution in [0.25, 0.3) is 0 Å². The molecule has 112 valence electrons. The van der Waals surface area contributed by atoms with Crippen LogP contribution in [0.15, 0.2) is 0 Å². The maximum atomic E-state index is 11.6.